The number of rotatable bonds is 4. The number of nitrogens with one attached hydrogen (secondary N) is 1. The van der Waals surface area contributed by atoms with Gasteiger partial charge < -0.3 is 19.5 Å². The number of pyridine rings is 1. The molecule has 0 saturated carbocycles. The molecule has 0 fully saturated rings. The quantitative estimate of drug-likeness (QED) is 0.926. The summed E-state index contributed by atoms with van der Waals surface area (Å²) in [5.74, 6) is -1.05. The third kappa shape index (κ3) is 3.22. The molecule has 1 amide bonds. The minimum Gasteiger partial charge on any atom is -0.496 e. The number of amides is 1. The highest BCUT2D eigenvalue weighted by Crippen LogP contribution is 2.36. The summed E-state index contributed by atoms with van der Waals surface area (Å²) in [6, 6.07) is 3.95. The van der Waals surface area contributed by atoms with Gasteiger partial charge in [0.25, 0.3) is 5.91 Å². The van der Waals surface area contributed by atoms with Crippen molar-refractivity contribution in [1.29, 1.82) is 0 Å². The molecule has 0 unspecified atom stereocenters. The standard InChI is InChI=1S/C16H14F2N2O4/c1-22-12-6-14-13(23-2-3-24-14)4-9(12)7-20-16(21)15-11(18)5-10(17)8-19-15/h4-6,8H,2-3,7H2,1H3,(H,20,21). The van der Waals surface area contributed by atoms with Gasteiger partial charge in [0.1, 0.15) is 24.8 Å². The lowest BCUT2D eigenvalue weighted by molar-refractivity contribution is 0.0941. The van der Waals surface area contributed by atoms with Crippen molar-refractivity contribution in [1.82, 2.24) is 10.3 Å². The molecule has 0 bridgehead atoms. The Morgan fingerprint density at radius 1 is 1.25 bits per heavy atom. The third-order valence-electron chi connectivity index (χ3n) is 3.41. The fourth-order valence-electron chi connectivity index (χ4n) is 2.28. The Hall–Kier alpha value is -2.90. The van der Waals surface area contributed by atoms with Gasteiger partial charge in [-0.15, -0.1) is 0 Å². The van der Waals surface area contributed by atoms with Gasteiger partial charge >= 0.3 is 0 Å². The zero-order chi connectivity index (χ0) is 17.1. The molecule has 1 N–H and O–H groups in total. The van der Waals surface area contributed by atoms with E-state index in [0.717, 1.165) is 6.20 Å². The second-order valence-corrected chi connectivity index (χ2v) is 4.97. The number of nitrogens with zero attached hydrogens (tertiary/aromatic N) is 1. The Kier molecular flexibility index (Phi) is 4.45. The van der Waals surface area contributed by atoms with Crippen LogP contribution in [0.2, 0.25) is 0 Å². The summed E-state index contributed by atoms with van der Waals surface area (Å²) in [7, 11) is 1.48. The van der Waals surface area contributed by atoms with Crippen molar-refractivity contribution >= 4 is 5.91 Å². The molecule has 0 spiro atoms. The fourth-order valence-corrected chi connectivity index (χ4v) is 2.28. The lowest BCUT2D eigenvalue weighted by Gasteiger charge is -2.20. The molecule has 0 saturated heterocycles. The van der Waals surface area contributed by atoms with Crippen LogP contribution in [0, 0.1) is 11.6 Å². The Bertz CT molecular complexity index is 783. The van der Waals surface area contributed by atoms with E-state index in [9.17, 15) is 13.6 Å². The molecule has 1 aromatic heterocycles. The van der Waals surface area contributed by atoms with Gasteiger partial charge in [-0.3, -0.25) is 4.79 Å². The number of fused-ring (bicyclic) bond motifs is 1. The Morgan fingerprint density at radius 2 is 1.96 bits per heavy atom. The van der Waals surface area contributed by atoms with Gasteiger partial charge in [0.05, 0.1) is 13.3 Å². The van der Waals surface area contributed by atoms with E-state index in [1.54, 1.807) is 12.1 Å². The molecule has 2 heterocycles. The second kappa shape index (κ2) is 6.69. The number of hydrogen-bond donors (Lipinski definition) is 1. The number of benzene rings is 1. The number of hydrogen-bond acceptors (Lipinski definition) is 5. The molecule has 1 aromatic carbocycles. The fraction of sp³-hybridized carbons (Fsp3) is 0.250. The minimum atomic E-state index is -1.03. The highest BCUT2D eigenvalue weighted by atomic mass is 19.1. The average molecular weight is 336 g/mol. The molecular formula is C16H14F2N2O4. The zero-order valence-electron chi connectivity index (χ0n) is 12.8. The first-order valence-electron chi connectivity index (χ1n) is 7.14. The summed E-state index contributed by atoms with van der Waals surface area (Å²) in [4.78, 5) is 15.5. The first-order chi connectivity index (χ1) is 11.6. The Labute approximate surface area is 136 Å². The molecule has 2 aromatic rings. The van der Waals surface area contributed by atoms with E-state index in [1.807, 2.05) is 0 Å². The van der Waals surface area contributed by atoms with Gasteiger partial charge in [-0.25, -0.2) is 13.8 Å². The van der Waals surface area contributed by atoms with E-state index in [1.165, 1.54) is 7.11 Å². The largest absolute Gasteiger partial charge is 0.496 e. The molecule has 0 radical (unpaired) electrons. The van der Waals surface area contributed by atoms with E-state index in [4.69, 9.17) is 14.2 Å². The highest BCUT2D eigenvalue weighted by molar-refractivity contribution is 5.92. The molecule has 126 valence electrons. The van der Waals surface area contributed by atoms with Gasteiger partial charge in [0.15, 0.2) is 23.0 Å². The summed E-state index contributed by atoms with van der Waals surface area (Å²) in [5, 5.41) is 2.52. The molecular weight excluding hydrogens is 322 g/mol. The van der Waals surface area contributed by atoms with E-state index >= 15 is 0 Å². The van der Waals surface area contributed by atoms with Crippen molar-refractivity contribution in [2.24, 2.45) is 0 Å². The smallest absolute Gasteiger partial charge is 0.273 e. The number of carbonyl (C=O) groups is 1. The molecule has 0 atom stereocenters. The Balaban J connectivity index is 1.77. The van der Waals surface area contributed by atoms with Crippen LogP contribution in [0.15, 0.2) is 24.4 Å². The predicted octanol–water partition coefficient (Wildman–Crippen LogP) is 2.07. The van der Waals surface area contributed by atoms with Crippen molar-refractivity contribution in [2.45, 2.75) is 6.54 Å². The Morgan fingerprint density at radius 3 is 2.62 bits per heavy atom. The zero-order valence-corrected chi connectivity index (χ0v) is 12.8. The first kappa shape index (κ1) is 16.0. The predicted molar refractivity (Wildman–Crippen MR) is 79.3 cm³/mol. The van der Waals surface area contributed by atoms with Crippen molar-refractivity contribution < 1.29 is 27.8 Å². The maximum atomic E-state index is 13.6. The van der Waals surface area contributed by atoms with Crippen LogP contribution < -0.4 is 19.5 Å². The number of methoxy groups -OCH3 is 1. The second-order valence-electron chi connectivity index (χ2n) is 4.97. The number of halogens is 2. The van der Waals surface area contributed by atoms with Crippen LogP contribution in [0.25, 0.3) is 0 Å². The van der Waals surface area contributed by atoms with E-state index in [2.05, 4.69) is 10.3 Å². The molecule has 1 aliphatic heterocycles. The van der Waals surface area contributed by atoms with Gasteiger partial charge in [-0.2, -0.15) is 0 Å². The summed E-state index contributed by atoms with van der Waals surface area (Å²) in [5.41, 5.74) is 0.144. The summed E-state index contributed by atoms with van der Waals surface area (Å²) >= 11 is 0. The monoisotopic (exact) mass is 336 g/mol. The van der Waals surface area contributed by atoms with Crippen molar-refractivity contribution in [3.05, 3.63) is 47.3 Å². The minimum absolute atomic E-state index is 0.0527. The summed E-state index contributed by atoms with van der Waals surface area (Å²) < 4.78 is 42.6. The summed E-state index contributed by atoms with van der Waals surface area (Å²) in [6.07, 6.45) is 0.780. The van der Waals surface area contributed by atoms with Crippen LogP contribution in [0.4, 0.5) is 8.78 Å². The summed E-state index contributed by atoms with van der Waals surface area (Å²) in [6.45, 7) is 0.925. The normalized spacial score (nSPS) is 12.6. The van der Waals surface area contributed by atoms with Crippen molar-refractivity contribution in [2.75, 3.05) is 20.3 Å². The highest BCUT2D eigenvalue weighted by Gasteiger charge is 2.18. The molecule has 24 heavy (non-hydrogen) atoms. The first-order valence-corrected chi connectivity index (χ1v) is 7.14. The number of ether oxygens (including phenoxy) is 3. The maximum absolute atomic E-state index is 13.6. The number of carbonyl (C=O) groups excluding carboxylic acids is 1. The van der Waals surface area contributed by atoms with Crippen molar-refractivity contribution in [3.63, 3.8) is 0 Å². The van der Waals surface area contributed by atoms with Crippen LogP contribution in [0.1, 0.15) is 16.1 Å². The van der Waals surface area contributed by atoms with Crippen LogP contribution in [0.5, 0.6) is 17.2 Å². The molecule has 6 nitrogen and oxygen atoms in total. The van der Waals surface area contributed by atoms with Gasteiger partial charge in [-0.1, -0.05) is 0 Å². The van der Waals surface area contributed by atoms with E-state index < -0.39 is 23.2 Å². The van der Waals surface area contributed by atoms with Gasteiger partial charge in [-0.05, 0) is 6.07 Å². The lowest BCUT2D eigenvalue weighted by atomic mass is 10.1. The van der Waals surface area contributed by atoms with Crippen molar-refractivity contribution in [3.8, 4) is 17.2 Å². The van der Waals surface area contributed by atoms with Crippen LogP contribution in [0.3, 0.4) is 0 Å². The third-order valence-corrected chi connectivity index (χ3v) is 3.41. The molecule has 1 aliphatic rings. The average Bonchev–Trinajstić information content (AvgIpc) is 2.58. The molecule has 8 heteroatoms. The van der Waals surface area contributed by atoms with Gasteiger partial charge in [0, 0.05) is 24.2 Å². The SMILES string of the molecule is COc1cc2c(cc1CNC(=O)c1ncc(F)cc1F)OCCO2. The van der Waals surface area contributed by atoms with E-state index in [0.29, 0.717) is 42.1 Å². The molecule has 0 aliphatic carbocycles. The van der Waals surface area contributed by atoms with Crippen LogP contribution in [-0.4, -0.2) is 31.2 Å². The van der Waals surface area contributed by atoms with E-state index in [-0.39, 0.29) is 6.54 Å². The maximum Gasteiger partial charge on any atom is 0.273 e. The molecule has 3 rings (SSSR count). The topological polar surface area (TPSA) is 69.7 Å². The lowest BCUT2D eigenvalue weighted by Crippen LogP contribution is -2.25. The van der Waals surface area contributed by atoms with Gasteiger partial charge in [0.2, 0.25) is 0 Å². The number of aromatic nitrogens is 1. The van der Waals surface area contributed by atoms with Crippen LogP contribution in [-0.2, 0) is 6.54 Å². The van der Waals surface area contributed by atoms with Crippen LogP contribution >= 0.6 is 0 Å².